The molecule has 0 spiro atoms. The third kappa shape index (κ3) is 4.00. The predicted molar refractivity (Wildman–Crippen MR) is 60.7 cm³/mol. The van der Waals surface area contributed by atoms with Gasteiger partial charge in [-0.2, -0.15) is 0 Å². The lowest BCUT2D eigenvalue weighted by Crippen LogP contribution is -2.22. The van der Waals surface area contributed by atoms with E-state index in [0.717, 1.165) is 24.5 Å². The van der Waals surface area contributed by atoms with E-state index >= 15 is 0 Å². The molecule has 0 heterocycles. The minimum atomic E-state index is -0.825. The van der Waals surface area contributed by atoms with Gasteiger partial charge in [-0.3, -0.25) is 0 Å². The number of benzene rings is 1. The number of halogens is 2. The van der Waals surface area contributed by atoms with E-state index in [4.69, 9.17) is 5.73 Å². The van der Waals surface area contributed by atoms with Crippen molar-refractivity contribution in [1.29, 1.82) is 0 Å². The topological polar surface area (TPSA) is 26.0 Å². The van der Waals surface area contributed by atoms with Crippen LogP contribution in [0, 0.1) is 23.5 Å². The summed E-state index contributed by atoms with van der Waals surface area (Å²) in [6.07, 6.45) is 2.05. The van der Waals surface area contributed by atoms with Gasteiger partial charge in [-0.1, -0.05) is 6.07 Å². The van der Waals surface area contributed by atoms with Crippen LogP contribution in [0.2, 0.25) is 0 Å². The minimum absolute atomic E-state index is 0.0642. The molecule has 0 aliphatic heterocycles. The molecule has 0 bridgehead atoms. The van der Waals surface area contributed by atoms with Crippen LogP contribution in [0.5, 0.6) is 0 Å². The summed E-state index contributed by atoms with van der Waals surface area (Å²) >= 11 is 0. The van der Waals surface area contributed by atoms with Gasteiger partial charge in [0.1, 0.15) is 0 Å². The Labute approximate surface area is 94.7 Å². The van der Waals surface area contributed by atoms with Crippen LogP contribution in [-0.4, -0.2) is 6.04 Å². The molecule has 0 aliphatic rings. The Hall–Kier alpha value is -1.40. The zero-order chi connectivity index (χ0) is 12.0. The van der Waals surface area contributed by atoms with E-state index in [-0.39, 0.29) is 6.04 Å². The Bertz CT molecular complexity index is 404. The van der Waals surface area contributed by atoms with E-state index in [1.54, 1.807) is 13.0 Å². The summed E-state index contributed by atoms with van der Waals surface area (Å²) in [5.41, 5.74) is 6.57. The van der Waals surface area contributed by atoms with Crippen LogP contribution >= 0.6 is 0 Å². The summed E-state index contributed by atoms with van der Waals surface area (Å²) in [6.45, 7) is 1.78. The second kappa shape index (κ2) is 6.24. The molecule has 1 aromatic carbocycles. The summed E-state index contributed by atoms with van der Waals surface area (Å²) in [4.78, 5) is 0. The Balaban J connectivity index is 2.51. The van der Waals surface area contributed by atoms with E-state index in [2.05, 4.69) is 11.8 Å². The van der Waals surface area contributed by atoms with Gasteiger partial charge in [0.15, 0.2) is 11.6 Å². The van der Waals surface area contributed by atoms with E-state index in [1.807, 2.05) is 0 Å². The van der Waals surface area contributed by atoms with Gasteiger partial charge in [0, 0.05) is 12.5 Å². The van der Waals surface area contributed by atoms with Gasteiger partial charge in [-0.05, 0) is 37.5 Å². The fourth-order valence-electron chi connectivity index (χ4n) is 1.45. The van der Waals surface area contributed by atoms with Crippen molar-refractivity contribution in [1.82, 2.24) is 0 Å². The third-order valence-electron chi connectivity index (χ3n) is 2.30. The van der Waals surface area contributed by atoms with Crippen LogP contribution in [-0.2, 0) is 6.42 Å². The number of rotatable bonds is 4. The van der Waals surface area contributed by atoms with Gasteiger partial charge in [0.2, 0.25) is 0 Å². The van der Waals surface area contributed by atoms with Gasteiger partial charge in [-0.15, -0.1) is 11.8 Å². The Kier molecular flexibility index (Phi) is 4.94. The van der Waals surface area contributed by atoms with Crippen LogP contribution < -0.4 is 5.73 Å². The Morgan fingerprint density at radius 1 is 1.31 bits per heavy atom. The second-order valence-electron chi connectivity index (χ2n) is 3.68. The molecule has 0 aliphatic carbocycles. The van der Waals surface area contributed by atoms with Crippen molar-refractivity contribution in [3.63, 3.8) is 0 Å². The highest BCUT2D eigenvalue weighted by atomic mass is 19.2. The average Bonchev–Trinajstić information content (AvgIpc) is 2.24. The van der Waals surface area contributed by atoms with Gasteiger partial charge in [-0.25, -0.2) is 8.78 Å². The molecule has 0 saturated heterocycles. The molecule has 1 rings (SSSR count). The van der Waals surface area contributed by atoms with Crippen LogP contribution in [0.25, 0.3) is 0 Å². The molecule has 1 unspecified atom stereocenters. The largest absolute Gasteiger partial charge is 0.327 e. The maximum atomic E-state index is 12.9. The zero-order valence-electron chi connectivity index (χ0n) is 9.26. The van der Waals surface area contributed by atoms with Gasteiger partial charge >= 0.3 is 0 Å². The van der Waals surface area contributed by atoms with Crippen molar-refractivity contribution in [3.05, 3.63) is 35.4 Å². The highest BCUT2D eigenvalue weighted by Gasteiger charge is 2.06. The predicted octanol–water partition coefficient (Wildman–Crippen LogP) is 2.64. The molecular weight excluding hydrogens is 208 g/mol. The second-order valence-corrected chi connectivity index (χ2v) is 3.68. The molecule has 16 heavy (non-hydrogen) atoms. The first kappa shape index (κ1) is 12.7. The van der Waals surface area contributed by atoms with Gasteiger partial charge in [0.25, 0.3) is 0 Å². The molecule has 1 aromatic rings. The lowest BCUT2D eigenvalue weighted by Gasteiger charge is -2.09. The SMILES string of the molecule is CC#CCCC(N)Cc1ccc(F)c(F)c1. The molecule has 0 aromatic heterocycles. The average molecular weight is 223 g/mol. The molecule has 86 valence electrons. The van der Waals surface area contributed by atoms with Gasteiger partial charge < -0.3 is 5.73 Å². The number of nitrogens with two attached hydrogens (primary N) is 1. The van der Waals surface area contributed by atoms with E-state index in [1.165, 1.54) is 6.07 Å². The van der Waals surface area contributed by atoms with Crippen molar-refractivity contribution >= 4 is 0 Å². The molecule has 0 fully saturated rings. The summed E-state index contributed by atoms with van der Waals surface area (Å²) in [7, 11) is 0. The monoisotopic (exact) mass is 223 g/mol. The number of hydrogen-bond donors (Lipinski definition) is 1. The highest BCUT2D eigenvalue weighted by Crippen LogP contribution is 2.11. The first-order chi connectivity index (χ1) is 7.63. The minimum Gasteiger partial charge on any atom is -0.327 e. The summed E-state index contributed by atoms with van der Waals surface area (Å²) in [6, 6.07) is 3.82. The Morgan fingerprint density at radius 3 is 2.69 bits per heavy atom. The molecule has 2 N–H and O–H groups in total. The van der Waals surface area contributed by atoms with Gasteiger partial charge in [0.05, 0.1) is 0 Å². The zero-order valence-corrected chi connectivity index (χ0v) is 9.26. The highest BCUT2D eigenvalue weighted by molar-refractivity contribution is 5.18. The lowest BCUT2D eigenvalue weighted by atomic mass is 10.0. The van der Waals surface area contributed by atoms with Crippen LogP contribution in [0.3, 0.4) is 0 Å². The molecule has 0 radical (unpaired) electrons. The molecule has 0 saturated carbocycles. The quantitative estimate of drug-likeness (QED) is 0.780. The van der Waals surface area contributed by atoms with Crippen molar-refractivity contribution in [2.75, 3.05) is 0 Å². The number of hydrogen-bond acceptors (Lipinski definition) is 1. The smallest absolute Gasteiger partial charge is 0.159 e. The van der Waals surface area contributed by atoms with E-state index < -0.39 is 11.6 Å². The Morgan fingerprint density at radius 2 is 2.06 bits per heavy atom. The molecule has 1 atom stereocenters. The fraction of sp³-hybridized carbons (Fsp3) is 0.385. The van der Waals surface area contributed by atoms with Crippen LogP contribution in [0.1, 0.15) is 25.3 Å². The van der Waals surface area contributed by atoms with Crippen molar-refractivity contribution in [2.24, 2.45) is 5.73 Å². The van der Waals surface area contributed by atoms with E-state index in [9.17, 15) is 8.78 Å². The first-order valence-electron chi connectivity index (χ1n) is 5.22. The van der Waals surface area contributed by atoms with Crippen molar-refractivity contribution < 1.29 is 8.78 Å². The van der Waals surface area contributed by atoms with Crippen molar-refractivity contribution in [3.8, 4) is 11.8 Å². The van der Waals surface area contributed by atoms with Crippen molar-refractivity contribution in [2.45, 2.75) is 32.2 Å². The third-order valence-corrected chi connectivity index (χ3v) is 2.30. The normalized spacial score (nSPS) is 11.8. The summed E-state index contributed by atoms with van der Waals surface area (Å²) < 4.78 is 25.6. The fourth-order valence-corrected chi connectivity index (χ4v) is 1.45. The molecule has 0 amide bonds. The molecular formula is C13H15F2N. The maximum Gasteiger partial charge on any atom is 0.159 e. The summed E-state index contributed by atoms with van der Waals surface area (Å²) in [5, 5.41) is 0. The molecule has 3 heteroatoms. The van der Waals surface area contributed by atoms with E-state index in [0.29, 0.717) is 6.42 Å². The molecule has 1 nitrogen and oxygen atoms in total. The standard InChI is InChI=1S/C13H15F2N/c1-2-3-4-5-11(16)8-10-6-7-12(14)13(15)9-10/h6-7,9,11H,4-5,8,16H2,1H3. The maximum absolute atomic E-state index is 12.9. The summed E-state index contributed by atoms with van der Waals surface area (Å²) in [5.74, 6) is 4.06. The lowest BCUT2D eigenvalue weighted by molar-refractivity contribution is 0.505. The first-order valence-corrected chi connectivity index (χ1v) is 5.22. The van der Waals surface area contributed by atoms with Crippen LogP contribution in [0.15, 0.2) is 18.2 Å². The van der Waals surface area contributed by atoms with Crippen LogP contribution in [0.4, 0.5) is 8.78 Å².